The molecule has 0 radical (unpaired) electrons. The number of fused-ring (bicyclic) bond motifs is 3. The van der Waals surface area contributed by atoms with Crippen LogP contribution < -0.4 is 16.1 Å². The lowest BCUT2D eigenvalue weighted by Gasteiger charge is -2.43. The number of H-pyrrole nitrogens is 3. The number of aromatic amines is 3. The van der Waals surface area contributed by atoms with E-state index in [-0.39, 0.29) is 40.6 Å². The second-order valence-corrected chi connectivity index (χ2v) is 12.8. The zero-order chi connectivity index (χ0) is 32.1. The van der Waals surface area contributed by atoms with E-state index in [4.69, 9.17) is 4.74 Å². The van der Waals surface area contributed by atoms with Gasteiger partial charge < -0.3 is 25.0 Å². The van der Waals surface area contributed by atoms with Crippen molar-refractivity contribution in [3.63, 3.8) is 0 Å². The average molecular weight is 627 g/mol. The number of anilines is 2. The Morgan fingerprint density at radius 3 is 2.59 bits per heavy atom. The maximum Gasteiger partial charge on any atom is 0.327 e. The van der Waals surface area contributed by atoms with E-state index in [1.165, 1.54) is 17.2 Å². The van der Waals surface area contributed by atoms with Gasteiger partial charge in [-0.1, -0.05) is 32.0 Å². The van der Waals surface area contributed by atoms with Gasteiger partial charge in [0, 0.05) is 28.9 Å². The van der Waals surface area contributed by atoms with Crippen LogP contribution in [-0.4, -0.2) is 80.5 Å². The first-order valence-electron chi connectivity index (χ1n) is 14.9. The third-order valence-electron chi connectivity index (χ3n) is 9.13. The highest BCUT2D eigenvalue weighted by molar-refractivity contribution is 6.03. The molecule has 46 heavy (non-hydrogen) atoms. The number of ketones is 1. The zero-order valence-corrected chi connectivity index (χ0v) is 24.8. The number of hydrogen-bond donors (Lipinski definition) is 6. The molecule has 1 aromatic carbocycles. The molecule has 15 nitrogen and oxygen atoms in total. The molecule has 1 unspecified atom stereocenters. The van der Waals surface area contributed by atoms with Crippen LogP contribution in [0.3, 0.4) is 0 Å². The normalized spacial score (nSPS) is 25.8. The quantitative estimate of drug-likeness (QED) is 0.167. The lowest BCUT2D eigenvalue weighted by atomic mass is 9.69. The highest BCUT2D eigenvalue weighted by Gasteiger charge is 2.48. The summed E-state index contributed by atoms with van der Waals surface area (Å²) in [7, 11) is 0. The fourth-order valence-electron chi connectivity index (χ4n) is 7.13. The lowest BCUT2D eigenvalue weighted by Crippen LogP contribution is -2.43. The van der Waals surface area contributed by atoms with Gasteiger partial charge in [0.15, 0.2) is 29.0 Å². The van der Waals surface area contributed by atoms with Gasteiger partial charge in [-0.05, 0) is 29.4 Å². The van der Waals surface area contributed by atoms with Crippen LogP contribution in [0.2, 0.25) is 0 Å². The largest absolute Gasteiger partial charge is 0.394 e. The number of hydrogen-bond acceptors (Lipinski definition) is 11. The fraction of sp³-hybridized carbons (Fsp3) is 0.355. The number of aromatic nitrogens is 7. The second-order valence-electron chi connectivity index (χ2n) is 12.8. The maximum atomic E-state index is 14.2. The van der Waals surface area contributed by atoms with Crippen molar-refractivity contribution in [1.29, 1.82) is 0 Å². The third kappa shape index (κ3) is 4.12. The van der Waals surface area contributed by atoms with Crippen LogP contribution >= 0.6 is 0 Å². The van der Waals surface area contributed by atoms with E-state index in [0.717, 1.165) is 10.9 Å². The number of nitrogens with zero attached hydrogens (tertiary/aromatic N) is 5. The number of Topliss-reactive ketones (excluding diaryl/α,β-unsaturated/α-hetero) is 1. The van der Waals surface area contributed by atoms with Gasteiger partial charge in [-0.15, -0.1) is 0 Å². The van der Waals surface area contributed by atoms with Crippen LogP contribution in [0.1, 0.15) is 50.1 Å². The molecule has 15 heteroatoms. The molecule has 2 aliphatic heterocycles. The summed E-state index contributed by atoms with van der Waals surface area (Å²) in [5, 5.41) is 31.6. The number of aliphatic hydroxyl groups is 3. The fourth-order valence-corrected chi connectivity index (χ4v) is 7.13. The second kappa shape index (κ2) is 10.0. The molecule has 236 valence electrons. The molecule has 8 rings (SSSR count). The summed E-state index contributed by atoms with van der Waals surface area (Å²) in [4.78, 5) is 64.4. The number of imidazole rings is 1. The molecule has 1 saturated heterocycles. The first kappa shape index (κ1) is 28.5. The molecule has 6 heterocycles. The summed E-state index contributed by atoms with van der Waals surface area (Å²) in [5.41, 5.74) is 1.16. The standard InChI is InChI=1S/C31H30N8O7/c1-31(2)8-16-20(17(41)9-31)19(15-7-13-5-3-4-6-14(13)35-15)21-25(36-30(45)37-28(21)44)39(16)27-22-26(32-11-33-27)38(12-34-22)29-24(43)23(42)18(10-40)46-29/h3-7,11-12,18-19,23-24,29,35,40,42-43H,8-10H2,1-2H3,(H2,36,37,44,45)/t18-,19?,23-,24-,29-/m1/s1. The first-order valence-corrected chi connectivity index (χ1v) is 14.9. The topological polar surface area (TPSA) is 215 Å². The molecule has 6 N–H and O–H groups in total. The Kier molecular flexibility index (Phi) is 6.21. The Morgan fingerprint density at radius 2 is 1.83 bits per heavy atom. The van der Waals surface area contributed by atoms with Crippen LogP contribution in [0.4, 0.5) is 11.6 Å². The number of carbonyl (C=O) groups is 1. The predicted octanol–water partition coefficient (Wildman–Crippen LogP) is 1.22. The summed E-state index contributed by atoms with van der Waals surface area (Å²) in [5.74, 6) is -0.625. The molecule has 4 aromatic heterocycles. The van der Waals surface area contributed by atoms with E-state index in [2.05, 4.69) is 29.9 Å². The summed E-state index contributed by atoms with van der Waals surface area (Å²) in [6.07, 6.45) is -1.59. The Balaban J connectivity index is 1.39. The van der Waals surface area contributed by atoms with Crippen LogP contribution in [0, 0.1) is 5.41 Å². The van der Waals surface area contributed by atoms with Gasteiger partial charge in [-0.3, -0.25) is 29.0 Å². The summed E-state index contributed by atoms with van der Waals surface area (Å²) >= 11 is 0. The minimum atomic E-state index is -1.39. The highest BCUT2D eigenvalue weighted by Crippen LogP contribution is 2.52. The van der Waals surface area contributed by atoms with Gasteiger partial charge in [0.05, 0.1) is 24.4 Å². The highest BCUT2D eigenvalue weighted by atomic mass is 16.6. The van der Waals surface area contributed by atoms with Crippen molar-refractivity contribution >= 4 is 39.5 Å². The molecular formula is C31H30N8O7. The van der Waals surface area contributed by atoms with Crippen molar-refractivity contribution in [2.75, 3.05) is 11.5 Å². The van der Waals surface area contributed by atoms with Gasteiger partial charge >= 0.3 is 5.69 Å². The van der Waals surface area contributed by atoms with E-state index in [0.29, 0.717) is 23.4 Å². The van der Waals surface area contributed by atoms with E-state index < -0.39 is 53.7 Å². The minimum absolute atomic E-state index is 0.140. The van der Waals surface area contributed by atoms with Crippen molar-refractivity contribution in [2.45, 2.75) is 57.1 Å². The van der Waals surface area contributed by atoms with E-state index >= 15 is 0 Å². The van der Waals surface area contributed by atoms with E-state index in [1.54, 1.807) is 4.90 Å². The summed E-state index contributed by atoms with van der Waals surface area (Å²) < 4.78 is 7.15. The van der Waals surface area contributed by atoms with Crippen molar-refractivity contribution in [3.8, 4) is 0 Å². The molecule has 0 amide bonds. The molecular weight excluding hydrogens is 596 g/mol. The number of ether oxygens (including phenoxy) is 1. The SMILES string of the molecule is CC1(C)CC(=O)C2=C(C1)N(c1ncnc3c1ncn3[C@@H]1O[C@H](CO)[C@@H](O)[C@H]1O)c1[nH]c(=O)[nH]c(=O)c1C2c1cc2ccccc2[nH]1. The Hall–Kier alpha value is -4.96. The number of carbonyl (C=O) groups excluding carboxylic acids is 1. The van der Waals surface area contributed by atoms with Crippen molar-refractivity contribution in [1.82, 2.24) is 34.5 Å². The predicted molar refractivity (Wildman–Crippen MR) is 163 cm³/mol. The zero-order valence-electron chi connectivity index (χ0n) is 24.8. The van der Waals surface area contributed by atoms with Crippen molar-refractivity contribution in [2.24, 2.45) is 5.41 Å². The van der Waals surface area contributed by atoms with Crippen LogP contribution in [0.15, 0.2) is 63.8 Å². The molecule has 0 bridgehead atoms. The number of para-hydroxylation sites is 1. The monoisotopic (exact) mass is 626 g/mol. The summed E-state index contributed by atoms with van der Waals surface area (Å²) in [6, 6.07) is 9.55. The van der Waals surface area contributed by atoms with E-state index in [9.17, 15) is 29.7 Å². The molecule has 1 fully saturated rings. The molecule has 0 saturated carbocycles. The van der Waals surface area contributed by atoms with Gasteiger partial charge in [0.25, 0.3) is 5.56 Å². The minimum Gasteiger partial charge on any atom is -0.394 e. The Bertz CT molecular complexity index is 2180. The van der Waals surface area contributed by atoms with Crippen molar-refractivity contribution < 1.29 is 24.9 Å². The summed E-state index contributed by atoms with van der Waals surface area (Å²) in [6.45, 7) is 3.45. The maximum absolute atomic E-state index is 14.2. The average Bonchev–Trinajstić information content (AvgIpc) is 3.71. The number of aliphatic hydroxyl groups excluding tert-OH is 3. The van der Waals surface area contributed by atoms with Crippen LogP contribution in [0.5, 0.6) is 0 Å². The molecule has 1 aliphatic carbocycles. The molecule has 5 aromatic rings. The number of rotatable bonds is 4. The first-order chi connectivity index (χ1) is 22.1. The molecule has 5 atom stereocenters. The third-order valence-corrected chi connectivity index (χ3v) is 9.13. The van der Waals surface area contributed by atoms with E-state index in [1.807, 2.05) is 44.2 Å². The van der Waals surface area contributed by atoms with Gasteiger partial charge in [0.1, 0.15) is 30.5 Å². The molecule has 0 spiro atoms. The number of nitrogens with one attached hydrogen (secondary N) is 3. The van der Waals surface area contributed by atoms with Crippen LogP contribution in [-0.2, 0) is 9.53 Å². The van der Waals surface area contributed by atoms with Gasteiger partial charge in [-0.25, -0.2) is 19.7 Å². The van der Waals surface area contributed by atoms with Crippen LogP contribution in [0.25, 0.3) is 22.1 Å². The smallest absolute Gasteiger partial charge is 0.327 e. The number of benzene rings is 1. The number of allylic oxidation sites excluding steroid dienone is 2. The van der Waals surface area contributed by atoms with Crippen molar-refractivity contribution in [3.05, 3.63) is 86.4 Å². The van der Waals surface area contributed by atoms with Gasteiger partial charge in [-0.2, -0.15) is 0 Å². The Morgan fingerprint density at radius 1 is 1.02 bits per heavy atom. The Labute approximate surface area is 259 Å². The van der Waals surface area contributed by atoms with Gasteiger partial charge in [0.2, 0.25) is 0 Å². The lowest BCUT2D eigenvalue weighted by molar-refractivity contribution is -0.118. The molecule has 3 aliphatic rings.